The van der Waals surface area contributed by atoms with Crippen LogP contribution in [0.5, 0.6) is 0 Å². The van der Waals surface area contributed by atoms with Crippen LogP contribution < -0.4 is 11.1 Å². The largest absolute Gasteiger partial charge is 0.462 e. The van der Waals surface area contributed by atoms with Gasteiger partial charge in [-0.1, -0.05) is 19.9 Å². The fraction of sp³-hybridized carbons (Fsp3) is 0.562. The standard InChI is InChI=1S/C16H27N3O2/c1-6-21-16(20)12-8-7-9-13(17)15(12)18-14(11(2)3)10-19(4)5/h7-9,11,14,18H,6,10,17H2,1-5H3. The van der Waals surface area contributed by atoms with Crippen LogP contribution in [0.3, 0.4) is 0 Å². The fourth-order valence-electron chi connectivity index (χ4n) is 2.11. The van der Waals surface area contributed by atoms with Crippen molar-refractivity contribution in [3.05, 3.63) is 23.8 Å². The van der Waals surface area contributed by atoms with Crippen molar-refractivity contribution in [3.8, 4) is 0 Å². The molecule has 0 aromatic heterocycles. The number of nitrogens with zero attached hydrogens (tertiary/aromatic N) is 1. The van der Waals surface area contributed by atoms with Gasteiger partial charge < -0.3 is 20.7 Å². The van der Waals surface area contributed by atoms with E-state index in [2.05, 4.69) is 24.1 Å². The van der Waals surface area contributed by atoms with Gasteiger partial charge in [0.2, 0.25) is 0 Å². The first-order chi connectivity index (χ1) is 9.86. The van der Waals surface area contributed by atoms with Crippen LogP contribution in [0, 0.1) is 5.92 Å². The molecule has 0 spiro atoms. The number of nitrogens with one attached hydrogen (secondary N) is 1. The molecule has 5 nitrogen and oxygen atoms in total. The van der Waals surface area contributed by atoms with Gasteiger partial charge in [-0.15, -0.1) is 0 Å². The number of nitrogens with two attached hydrogens (primary N) is 1. The van der Waals surface area contributed by atoms with E-state index < -0.39 is 0 Å². The Kier molecular flexibility index (Phi) is 6.49. The summed E-state index contributed by atoms with van der Waals surface area (Å²) in [5, 5.41) is 3.42. The predicted molar refractivity (Wildman–Crippen MR) is 87.6 cm³/mol. The number of esters is 1. The van der Waals surface area contributed by atoms with Crippen molar-refractivity contribution in [2.75, 3.05) is 38.3 Å². The molecule has 3 N–H and O–H groups in total. The van der Waals surface area contributed by atoms with Crippen LogP contribution in [-0.2, 0) is 4.74 Å². The van der Waals surface area contributed by atoms with Crippen LogP contribution in [0.2, 0.25) is 0 Å². The van der Waals surface area contributed by atoms with Crippen LogP contribution in [-0.4, -0.2) is 44.2 Å². The molecule has 118 valence electrons. The molecule has 1 unspecified atom stereocenters. The molecule has 0 aliphatic rings. The third kappa shape index (κ3) is 4.93. The number of carbonyl (C=O) groups excluding carboxylic acids is 1. The molecular formula is C16H27N3O2. The number of carbonyl (C=O) groups is 1. The molecule has 1 atom stereocenters. The van der Waals surface area contributed by atoms with Crippen LogP contribution >= 0.6 is 0 Å². The summed E-state index contributed by atoms with van der Waals surface area (Å²) in [5.74, 6) is 0.0571. The van der Waals surface area contributed by atoms with Crippen LogP contribution in [0.4, 0.5) is 11.4 Å². The first-order valence-corrected chi connectivity index (χ1v) is 7.33. The molecule has 0 saturated heterocycles. The first-order valence-electron chi connectivity index (χ1n) is 7.33. The molecule has 21 heavy (non-hydrogen) atoms. The minimum absolute atomic E-state index is 0.192. The number of likely N-dealkylation sites (N-methyl/N-ethyl adjacent to an activating group) is 1. The number of rotatable bonds is 7. The van der Waals surface area contributed by atoms with Gasteiger partial charge in [0.25, 0.3) is 0 Å². The summed E-state index contributed by atoms with van der Waals surface area (Å²) in [6.45, 7) is 7.28. The Morgan fingerprint density at radius 1 is 1.38 bits per heavy atom. The molecule has 0 fully saturated rings. The van der Waals surface area contributed by atoms with Gasteiger partial charge in [0, 0.05) is 12.6 Å². The minimum Gasteiger partial charge on any atom is -0.462 e. The molecule has 0 bridgehead atoms. The molecule has 1 rings (SSSR count). The summed E-state index contributed by atoms with van der Waals surface area (Å²) in [7, 11) is 4.05. The Balaban J connectivity index is 3.07. The number of hydrogen-bond donors (Lipinski definition) is 2. The van der Waals surface area contributed by atoms with Crippen LogP contribution in [0.25, 0.3) is 0 Å². The third-order valence-corrected chi connectivity index (χ3v) is 3.29. The first kappa shape index (κ1) is 17.3. The van der Waals surface area contributed by atoms with Crippen molar-refractivity contribution in [2.24, 2.45) is 5.92 Å². The Morgan fingerprint density at radius 3 is 2.57 bits per heavy atom. The summed E-state index contributed by atoms with van der Waals surface area (Å²) in [6, 6.07) is 5.49. The van der Waals surface area contributed by atoms with E-state index in [4.69, 9.17) is 10.5 Å². The maximum absolute atomic E-state index is 12.1. The molecular weight excluding hydrogens is 266 g/mol. The Labute approximate surface area is 127 Å². The van der Waals surface area contributed by atoms with Crippen LogP contribution in [0.15, 0.2) is 18.2 Å². The van der Waals surface area contributed by atoms with Gasteiger partial charge in [-0.25, -0.2) is 4.79 Å². The summed E-state index contributed by atoms with van der Waals surface area (Å²) >= 11 is 0. The number of benzene rings is 1. The lowest BCUT2D eigenvalue weighted by molar-refractivity contribution is 0.0527. The normalized spacial score (nSPS) is 12.5. The predicted octanol–water partition coefficient (Wildman–Crippen LogP) is 2.44. The molecule has 1 aromatic rings. The second-order valence-electron chi connectivity index (χ2n) is 5.75. The van der Waals surface area contributed by atoms with Crippen LogP contribution in [0.1, 0.15) is 31.1 Å². The average molecular weight is 293 g/mol. The maximum Gasteiger partial charge on any atom is 0.340 e. The topological polar surface area (TPSA) is 67.6 Å². The zero-order chi connectivity index (χ0) is 16.0. The highest BCUT2D eigenvalue weighted by molar-refractivity contribution is 5.98. The highest BCUT2D eigenvalue weighted by Gasteiger charge is 2.20. The highest BCUT2D eigenvalue weighted by atomic mass is 16.5. The zero-order valence-corrected chi connectivity index (χ0v) is 13.6. The van der Waals surface area contributed by atoms with E-state index in [1.165, 1.54) is 0 Å². The molecule has 0 amide bonds. The van der Waals surface area contributed by atoms with Gasteiger partial charge in [0.15, 0.2) is 0 Å². The third-order valence-electron chi connectivity index (χ3n) is 3.29. The van der Waals surface area contributed by atoms with Crippen molar-refractivity contribution < 1.29 is 9.53 Å². The summed E-state index contributed by atoms with van der Waals surface area (Å²) in [5.41, 5.74) is 7.76. The summed E-state index contributed by atoms with van der Waals surface area (Å²) < 4.78 is 5.10. The van der Waals surface area contributed by atoms with Gasteiger partial charge in [-0.2, -0.15) is 0 Å². The summed E-state index contributed by atoms with van der Waals surface area (Å²) in [6.07, 6.45) is 0. The van der Waals surface area contributed by atoms with E-state index >= 15 is 0 Å². The van der Waals surface area contributed by atoms with E-state index in [0.29, 0.717) is 29.5 Å². The van der Waals surface area contributed by atoms with E-state index in [0.717, 1.165) is 6.54 Å². The van der Waals surface area contributed by atoms with Crippen molar-refractivity contribution in [3.63, 3.8) is 0 Å². The lowest BCUT2D eigenvalue weighted by atomic mass is 10.0. The quantitative estimate of drug-likeness (QED) is 0.597. The average Bonchev–Trinajstić information content (AvgIpc) is 2.39. The van der Waals surface area contributed by atoms with Crippen molar-refractivity contribution in [2.45, 2.75) is 26.8 Å². The Hall–Kier alpha value is -1.75. The number of anilines is 2. The van der Waals surface area contributed by atoms with E-state index in [1.807, 2.05) is 14.1 Å². The van der Waals surface area contributed by atoms with Gasteiger partial charge in [0.1, 0.15) is 0 Å². The number of para-hydroxylation sites is 1. The van der Waals surface area contributed by atoms with Crippen molar-refractivity contribution >= 4 is 17.3 Å². The van der Waals surface area contributed by atoms with Gasteiger partial charge in [0.05, 0.1) is 23.5 Å². The molecule has 0 aliphatic carbocycles. The summed E-state index contributed by atoms with van der Waals surface area (Å²) in [4.78, 5) is 14.2. The minimum atomic E-state index is -0.348. The fourth-order valence-corrected chi connectivity index (χ4v) is 2.11. The SMILES string of the molecule is CCOC(=O)c1cccc(N)c1NC(CN(C)C)C(C)C. The second-order valence-corrected chi connectivity index (χ2v) is 5.75. The number of hydrogen-bond acceptors (Lipinski definition) is 5. The van der Waals surface area contributed by atoms with Gasteiger partial charge in [-0.05, 0) is 39.1 Å². The van der Waals surface area contributed by atoms with E-state index in [1.54, 1.807) is 25.1 Å². The molecule has 0 heterocycles. The number of nitrogen functional groups attached to an aromatic ring is 1. The van der Waals surface area contributed by atoms with E-state index in [-0.39, 0.29) is 12.0 Å². The Bertz CT molecular complexity index is 473. The van der Waals surface area contributed by atoms with E-state index in [9.17, 15) is 4.79 Å². The molecule has 0 aliphatic heterocycles. The van der Waals surface area contributed by atoms with Gasteiger partial charge >= 0.3 is 5.97 Å². The Morgan fingerprint density at radius 2 is 2.05 bits per heavy atom. The molecule has 0 radical (unpaired) electrons. The highest BCUT2D eigenvalue weighted by Crippen LogP contribution is 2.26. The zero-order valence-electron chi connectivity index (χ0n) is 13.6. The molecule has 0 saturated carbocycles. The number of ether oxygens (including phenoxy) is 1. The monoisotopic (exact) mass is 293 g/mol. The smallest absolute Gasteiger partial charge is 0.340 e. The van der Waals surface area contributed by atoms with Crippen molar-refractivity contribution in [1.29, 1.82) is 0 Å². The molecule has 5 heteroatoms. The van der Waals surface area contributed by atoms with Crippen molar-refractivity contribution in [1.82, 2.24) is 4.90 Å². The molecule has 1 aromatic carbocycles. The maximum atomic E-state index is 12.1. The lowest BCUT2D eigenvalue weighted by Crippen LogP contribution is -2.37. The van der Waals surface area contributed by atoms with Gasteiger partial charge in [-0.3, -0.25) is 0 Å². The second kappa shape index (κ2) is 7.88. The lowest BCUT2D eigenvalue weighted by Gasteiger charge is -2.28.